The molecule has 183 valence electrons. The second-order valence-electron chi connectivity index (χ2n) is 8.54. The zero-order valence-electron chi connectivity index (χ0n) is 20.1. The molecule has 1 fully saturated rings. The van der Waals surface area contributed by atoms with Crippen molar-refractivity contribution >= 4 is 20.2 Å². The second kappa shape index (κ2) is 24.6. The third kappa shape index (κ3) is 20.8. The first-order valence-corrected chi connectivity index (χ1v) is 15.6. The number of hydrogen-bond donors (Lipinski definition) is 0. The van der Waals surface area contributed by atoms with Gasteiger partial charge in [-0.05, 0) is 65.6 Å². The Balaban J connectivity index is 0.00000263. The van der Waals surface area contributed by atoms with Crippen LogP contribution in [0, 0.1) is 0 Å². The van der Waals surface area contributed by atoms with Gasteiger partial charge in [0.15, 0.2) is 0 Å². The number of nitrogens with zero attached hydrogens (tertiary/aromatic N) is 4. The van der Waals surface area contributed by atoms with Gasteiger partial charge in [0.25, 0.3) is 0 Å². The molecule has 0 aromatic carbocycles. The van der Waals surface area contributed by atoms with Crippen LogP contribution in [0.4, 0.5) is 0 Å². The maximum absolute atomic E-state index is 4.80. The molecule has 4 nitrogen and oxygen atoms in total. The van der Waals surface area contributed by atoms with Gasteiger partial charge in [-0.25, -0.2) is 0 Å². The SMILES string of the molecule is CCCCCCCC[N-]CCCN1CCCN(CCC)CCCN(C)CC1.[Cl][Mn][Cl]. The monoisotopic (exact) mass is 506 g/mol. The van der Waals surface area contributed by atoms with Gasteiger partial charge in [-0.1, -0.05) is 58.8 Å². The Morgan fingerprint density at radius 3 is 1.90 bits per heavy atom. The van der Waals surface area contributed by atoms with Gasteiger partial charge in [-0.15, -0.1) is 13.1 Å². The molecule has 1 aliphatic heterocycles. The first kappa shape index (κ1) is 30.9. The number of rotatable bonds is 13. The van der Waals surface area contributed by atoms with Crippen LogP contribution in [0.15, 0.2) is 0 Å². The summed E-state index contributed by atoms with van der Waals surface area (Å²) in [4.78, 5) is 7.88. The normalized spacial score (nSPS) is 17.9. The van der Waals surface area contributed by atoms with E-state index < -0.39 is 0 Å². The molecule has 0 aromatic rings. The summed E-state index contributed by atoms with van der Waals surface area (Å²) in [5.41, 5.74) is 0. The molecule has 0 aliphatic carbocycles. The van der Waals surface area contributed by atoms with Crippen molar-refractivity contribution in [2.45, 2.75) is 78.1 Å². The van der Waals surface area contributed by atoms with E-state index in [1.807, 2.05) is 0 Å². The van der Waals surface area contributed by atoms with E-state index in [-0.39, 0.29) is 13.1 Å². The van der Waals surface area contributed by atoms with Crippen molar-refractivity contribution in [3.8, 4) is 0 Å². The minimum atomic E-state index is 0.00694. The average Bonchev–Trinajstić information content (AvgIpc) is 2.76. The number of hydrogen-bond acceptors (Lipinski definition) is 3. The number of unbranched alkanes of at least 4 members (excludes halogenated alkanes) is 5. The van der Waals surface area contributed by atoms with Crippen LogP contribution < -0.4 is 0 Å². The third-order valence-corrected chi connectivity index (χ3v) is 5.76. The fourth-order valence-corrected chi connectivity index (χ4v) is 4.02. The van der Waals surface area contributed by atoms with Gasteiger partial charge in [0, 0.05) is 13.1 Å². The van der Waals surface area contributed by atoms with E-state index in [9.17, 15) is 0 Å². The summed E-state index contributed by atoms with van der Waals surface area (Å²) in [6.45, 7) is 16.7. The fourth-order valence-electron chi connectivity index (χ4n) is 4.02. The molecule has 0 bridgehead atoms. The molecule has 1 rings (SSSR count). The van der Waals surface area contributed by atoms with Crippen molar-refractivity contribution < 1.29 is 13.1 Å². The van der Waals surface area contributed by atoms with E-state index in [1.165, 1.54) is 117 Å². The first-order valence-electron chi connectivity index (χ1n) is 12.3. The van der Waals surface area contributed by atoms with Gasteiger partial charge in [0.2, 0.25) is 0 Å². The molecule has 0 unspecified atom stereocenters. The predicted molar refractivity (Wildman–Crippen MR) is 133 cm³/mol. The molecular weight excluding hydrogens is 458 g/mol. The summed E-state index contributed by atoms with van der Waals surface area (Å²) in [5, 5.41) is 4.77. The molecule has 0 saturated carbocycles. The van der Waals surface area contributed by atoms with Gasteiger partial charge in [0.05, 0.1) is 0 Å². The van der Waals surface area contributed by atoms with E-state index >= 15 is 0 Å². The van der Waals surface area contributed by atoms with Crippen molar-refractivity contribution in [3.05, 3.63) is 5.32 Å². The maximum atomic E-state index is 4.80. The van der Waals surface area contributed by atoms with E-state index in [4.69, 9.17) is 25.5 Å². The molecule has 1 saturated heterocycles. The molecule has 30 heavy (non-hydrogen) atoms. The summed E-state index contributed by atoms with van der Waals surface area (Å²) in [7, 11) is 11.9. The van der Waals surface area contributed by atoms with E-state index in [1.54, 1.807) is 0 Å². The Labute approximate surface area is 203 Å². The first-order chi connectivity index (χ1) is 14.7. The molecule has 0 atom stereocenters. The van der Waals surface area contributed by atoms with Crippen molar-refractivity contribution in [2.75, 3.05) is 72.5 Å². The van der Waals surface area contributed by atoms with Crippen LogP contribution in [0.5, 0.6) is 0 Å². The second-order valence-corrected chi connectivity index (χ2v) is 10.5. The zero-order valence-corrected chi connectivity index (χ0v) is 22.8. The Hall–Kier alpha value is 0.939. The molecule has 7 heteroatoms. The Kier molecular flexibility index (Phi) is 25.3. The van der Waals surface area contributed by atoms with Crippen LogP contribution in [0.25, 0.3) is 5.32 Å². The third-order valence-electron chi connectivity index (χ3n) is 5.76. The predicted octanol–water partition coefficient (Wildman–Crippen LogP) is 6.23. The summed E-state index contributed by atoms with van der Waals surface area (Å²) in [6.07, 6.45) is 13.4. The van der Waals surface area contributed by atoms with E-state index in [2.05, 4.69) is 35.6 Å². The van der Waals surface area contributed by atoms with Gasteiger partial charge >= 0.3 is 33.3 Å². The quantitative estimate of drug-likeness (QED) is 0.218. The number of likely N-dealkylation sites (N-methyl/N-ethyl adjacent to an activating group) is 1. The molecule has 0 amide bonds. The van der Waals surface area contributed by atoms with Crippen molar-refractivity contribution in [1.29, 1.82) is 0 Å². The van der Waals surface area contributed by atoms with Gasteiger partial charge in [-0.2, -0.15) is 0 Å². The van der Waals surface area contributed by atoms with Crippen LogP contribution in [0.2, 0.25) is 0 Å². The molecule has 0 aromatic heterocycles. The van der Waals surface area contributed by atoms with Gasteiger partial charge in [-0.3, -0.25) is 0 Å². The summed E-state index contributed by atoms with van der Waals surface area (Å²) >= 11 is 0.00694. The molecule has 0 radical (unpaired) electrons. The summed E-state index contributed by atoms with van der Waals surface area (Å²) in [6, 6.07) is 0. The van der Waals surface area contributed by atoms with Crippen molar-refractivity contribution in [2.24, 2.45) is 0 Å². The van der Waals surface area contributed by atoms with Crippen molar-refractivity contribution in [3.63, 3.8) is 0 Å². The zero-order chi connectivity index (χ0) is 22.3. The Bertz CT molecular complexity index is 340. The molecule has 1 heterocycles. The van der Waals surface area contributed by atoms with Crippen LogP contribution in [0.1, 0.15) is 78.1 Å². The van der Waals surface area contributed by atoms with E-state index in [0.717, 1.165) is 13.1 Å². The Morgan fingerprint density at radius 2 is 1.23 bits per heavy atom. The molecule has 0 spiro atoms. The van der Waals surface area contributed by atoms with Gasteiger partial charge in [0.1, 0.15) is 0 Å². The molecular formula is C23H49Cl2MnN4-. The van der Waals surface area contributed by atoms with Crippen LogP contribution in [0.3, 0.4) is 0 Å². The average molecular weight is 508 g/mol. The van der Waals surface area contributed by atoms with Crippen LogP contribution >= 0.6 is 20.2 Å². The minimum absolute atomic E-state index is 0.00694. The fraction of sp³-hybridized carbons (Fsp3) is 1.00. The number of halogens is 2. The molecule has 0 N–H and O–H groups in total. The summed E-state index contributed by atoms with van der Waals surface area (Å²) < 4.78 is 0. The van der Waals surface area contributed by atoms with Crippen LogP contribution in [-0.2, 0) is 13.1 Å². The Morgan fingerprint density at radius 1 is 0.667 bits per heavy atom. The van der Waals surface area contributed by atoms with Crippen molar-refractivity contribution in [1.82, 2.24) is 14.7 Å². The summed E-state index contributed by atoms with van der Waals surface area (Å²) in [5.74, 6) is 0. The van der Waals surface area contributed by atoms with Crippen LogP contribution in [-0.4, -0.2) is 87.2 Å². The topological polar surface area (TPSA) is 23.8 Å². The van der Waals surface area contributed by atoms with Gasteiger partial charge < -0.3 is 20.0 Å². The molecule has 1 aliphatic rings. The van der Waals surface area contributed by atoms with E-state index in [0.29, 0.717) is 0 Å². The standard InChI is InChI=1S/C23H49N4.2ClH.Mn/c1-4-6-7-8-9-10-14-24-15-11-18-27-21-13-20-26(16-5-2)19-12-17-25(3)22-23-27;;;/h4-23H2,1-3H3;2*1H;/q-1;;;+2/p-2.